The Labute approximate surface area is 184 Å². The predicted molar refractivity (Wildman–Crippen MR) is 128 cm³/mol. The van der Waals surface area contributed by atoms with Gasteiger partial charge >= 0.3 is 0 Å². The Morgan fingerprint density at radius 3 is 1.77 bits per heavy atom. The van der Waals surface area contributed by atoms with Crippen molar-refractivity contribution in [2.45, 2.75) is 104 Å². The summed E-state index contributed by atoms with van der Waals surface area (Å²) in [6, 6.07) is 8.15. The molecule has 30 heavy (non-hydrogen) atoms. The highest BCUT2D eigenvalue weighted by Gasteiger charge is 2.03. The topological polar surface area (TPSA) is 35.0 Å². The lowest BCUT2D eigenvalue weighted by Crippen LogP contribution is -1.97. The number of aromatic nitrogens is 2. The van der Waals surface area contributed by atoms with E-state index in [4.69, 9.17) is 4.74 Å². The molecule has 0 N–H and O–H groups in total. The zero-order chi connectivity index (χ0) is 21.3. The molecule has 0 aliphatic carbocycles. The van der Waals surface area contributed by atoms with Crippen LogP contribution in [0.2, 0.25) is 0 Å². The minimum absolute atomic E-state index is 0.792. The molecule has 2 rings (SSSR count). The number of rotatable bonds is 17. The molecule has 3 nitrogen and oxygen atoms in total. The van der Waals surface area contributed by atoms with Gasteiger partial charge in [-0.1, -0.05) is 84.5 Å². The highest BCUT2D eigenvalue weighted by molar-refractivity contribution is 5.55. The third-order valence-electron chi connectivity index (χ3n) is 5.65. The number of ether oxygens (including phenoxy) is 1. The van der Waals surface area contributed by atoms with E-state index >= 15 is 0 Å². The molecule has 1 aromatic carbocycles. The minimum Gasteiger partial charge on any atom is -0.494 e. The molecule has 0 spiro atoms. The Balaban J connectivity index is 1.64. The van der Waals surface area contributed by atoms with E-state index in [2.05, 4.69) is 35.9 Å². The number of hydrogen-bond acceptors (Lipinski definition) is 3. The summed E-state index contributed by atoms with van der Waals surface area (Å²) in [5.41, 5.74) is 2.29. The molecule has 0 bridgehead atoms. The largest absolute Gasteiger partial charge is 0.494 e. The molecular formula is C27H42N2O. The Kier molecular flexibility index (Phi) is 12.9. The van der Waals surface area contributed by atoms with Gasteiger partial charge in [0, 0.05) is 18.0 Å². The number of aryl methyl sites for hydroxylation is 1. The summed E-state index contributed by atoms with van der Waals surface area (Å²) in [4.78, 5) is 9.16. The molecule has 0 unspecified atom stereocenters. The molecule has 3 heteroatoms. The molecule has 2 aromatic rings. The normalized spacial score (nSPS) is 11.0. The van der Waals surface area contributed by atoms with Crippen molar-refractivity contribution in [2.75, 3.05) is 6.61 Å². The SMILES string of the molecule is CCCCCCCCCCCc1cnc(-c2ccc(OCCCCCC)cc2)nc1. The summed E-state index contributed by atoms with van der Waals surface area (Å²) in [5, 5.41) is 0. The van der Waals surface area contributed by atoms with Crippen LogP contribution in [0, 0.1) is 0 Å². The molecule has 1 heterocycles. The molecule has 0 aliphatic rings. The second kappa shape index (κ2) is 15.9. The monoisotopic (exact) mass is 410 g/mol. The van der Waals surface area contributed by atoms with Crippen molar-refractivity contribution in [1.29, 1.82) is 0 Å². The average Bonchev–Trinajstić information content (AvgIpc) is 2.79. The van der Waals surface area contributed by atoms with Crippen LogP contribution in [0.4, 0.5) is 0 Å². The van der Waals surface area contributed by atoms with Crippen LogP contribution >= 0.6 is 0 Å². The van der Waals surface area contributed by atoms with Crippen LogP contribution in [0.1, 0.15) is 103 Å². The van der Waals surface area contributed by atoms with Crippen LogP contribution in [0.5, 0.6) is 5.75 Å². The van der Waals surface area contributed by atoms with Crippen LogP contribution in [0.3, 0.4) is 0 Å². The van der Waals surface area contributed by atoms with Crippen LogP contribution in [-0.4, -0.2) is 16.6 Å². The van der Waals surface area contributed by atoms with E-state index in [1.807, 2.05) is 24.5 Å². The summed E-state index contributed by atoms with van der Waals surface area (Å²) < 4.78 is 5.82. The zero-order valence-electron chi connectivity index (χ0n) is 19.4. The molecule has 0 saturated carbocycles. The van der Waals surface area contributed by atoms with Crippen molar-refractivity contribution < 1.29 is 4.74 Å². The summed E-state index contributed by atoms with van der Waals surface area (Å²) in [6.07, 6.45) is 22.2. The van der Waals surface area contributed by atoms with E-state index in [0.29, 0.717) is 0 Å². The van der Waals surface area contributed by atoms with Gasteiger partial charge in [-0.15, -0.1) is 0 Å². The Morgan fingerprint density at radius 2 is 1.17 bits per heavy atom. The fourth-order valence-corrected chi connectivity index (χ4v) is 3.69. The molecule has 0 amide bonds. The van der Waals surface area contributed by atoms with Gasteiger partial charge in [-0.05, 0) is 49.1 Å². The first-order valence-corrected chi connectivity index (χ1v) is 12.4. The van der Waals surface area contributed by atoms with E-state index < -0.39 is 0 Å². The second-order valence-electron chi connectivity index (χ2n) is 8.43. The minimum atomic E-state index is 0.792. The zero-order valence-corrected chi connectivity index (χ0v) is 19.4. The standard InChI is InChI=1S/C27H42N2O/c1-3-5-7-9-10-11-12-13-14-16-24-22-28-27(29-23-24)25-17-19-26(20-18-25)30-21-15-8-6-4-2/h17-20,22-23H,3-16,21H2,1-2H3. The van der Waals surface area contributed by atoms with E-state index in [1.165, 1.54) is 82.6 Å². The van der Waals surface area contributed by atoms with Crippen LogP contribution in [-0.2, 0) is 6.42 Å². The van der Waals surface area contributed by atoms with E-state index in [9.17, 15) is 0 Å². The van der Waals surface area contributed by atoms with Crippen molar-refractivity contribution in [1.82, 2.24) is 9.97 Å². The van der Waals surface area contributed by atoms with Gasteiger partial charge in [0.1, 0.15) is 5.75 Å². The maximum absolute atomic E-state index is 5.82. The van der Waals surface area contributed by atoms with E-state index in [0.717, 1.165) is 36.6 Å². The Hall–Kier alpha value is -1.90. The first-order valence-electron chi connectivity index (χ1n) is 12.4. The summed E-state index contributed by atoms with van der Waals surface area (Å²) in [5.74, 6) is 1.72. The third kappa shape index (κ3) is 10.2. The van der Waals surface area contributed by atoms with Gasteiger partial charge < -0.3 is 4.74 Å². The molecule has 166 valence electrons. The van der Waals surface area contributed by atoms with Gasteiger partial charge in [-0.25, -0.2) is 9.97 Å². The predicted octanol–water partition coefficient (Wildman–Crippen LogP) is 8.18. The van der Waals surface area contributed by atoms with Crippen molar-refractivity contribution in [3.8, 4) is 17.1 Å². The number of hydrogen-bond donors (Lipinski definition) is 0. The van der Waals surface area contributed by atoms with Gasteiger partial charge in [-0.2, -0.15) is 0 Å². The maximum Gasteiger partial charge on any atom is 0.159 e. The maximum atomic E-state index is 5.82. The number of unbranched alkanes of at least 4 members (excludes halogenated alkanes) is 11. The fourth-order valence-electron chi connectivity index (χ4n) is 3.69. The van der Waals surface area contributed by atoms with Gasteiger partial charge in [-0.3, -0.25) is 0 Å². The third-order valence-corrected chi connectivity index (χ3v) is 5.65. The van der Waals surface area contributed by atoms with E-state index in [-0.39, 0.29) is 0 Å². The highest BCUT2D eigenvalue weighted by atomic mass is 16.5. The summed E-state index contributed by atoms with van der Waals surface area (Å²) in [7, 11) is 0. The number of nitrogens with zero attached hydrogens (tertiary/aromatic N) is 2. The van der Waals surface area contributed by atoms with Crippen molar-refractivity contribution >= 4 is 0 Å². The molecule has 0 fully saturated rings. The second-order valence-corrected chi connectivity index (χ2v) is 8.43. The lowest BCUT2D eigenvalue weighted by atomic mass is 10.1. The smallest absolute Gasteiger partial charge is 0.159 e. The van der Waals surface area contributed by atoms with E-state index in [1.54, 1.807) is 0 Å². The molecular weight excluding hydrogens is 368 g/mol. The highest BCUT2D eigenvalue weighted by Crippen LogP contribution is 2.20. The molecule has 1 aromatic heterocycles. The Bertz CT molecular complexity index is 652. The van der Waals surface area contributed by atoms with Crippen molar-refractivity contribution in [3.05, 3.63) is 42.2 Å². The van der Waals surface area contributed by atoms with Gasteiger partial charge in [0.25, 0.3) is 0 Å². The van der Waals surface area contributed by atoms with Crippen molar-refractivity contribution in [3.63, 3.8) is 0 Å². The van der Waals surface area contributed by atoms with Crippen LogP contribution in [0.15, 0.2) is 36.7 Å². The van der Waals surface area contributed by atoms with Gasteiger partial charge in [0.15, 0.2) is 5.82 Å². The molecule has 0 atom stereocenters. The fraction of sp³-hybridized carbons (Fsp3) is 0.630. The first-order chi connectivity index (χ1) is 14.8. The molecule has 0 saturated heterocycles. The average molecular weight is 411 g/mol. The first kappa shape index (κ1) is 24.4. The van der Waals surface area contributed by atoms with Gasteiger partial charge in [0.2, 0.25) is 0 Å². The lowest BCUT2D eigenvalue weighted by Gasteiger charge is -2.07. The van der Waals surface area contributed by atoms with Crippen LogP contribution < -0.4 is 4.74 Å². The van der Waals surface area contributed by atoms with Crippen LogP contribution in [0.25, 0.3) is 11.4 Å². The van der Waals surface area contributed by atoms with Crippen molar-refractivity contribution in [2.24, 2.45) is 0 Å². The Morgan fingerprint density at radius 1 is 0.633 bits per heavy atom. The summed E-state index contributed by atoms with van der Waals surface area (Å²) in [6.45, 7) is 5.30. The molecule has 0 aliphatic heterocycles. The summed E-state index contributed by atoms with van der Waals surface area (Å²) >= 11 is 0. The number of benzene rings is 1. The molecule has 0 radical (unpaired) electrons. The lowest BCUT2D eigenvalue weighted by molar-refractivity contribution is 0.305. The quantitative estimate of drug-likeness (QED) is 0.247. The van der Waals surface area contributed by atoms with Gasteiger partial charge in [0.05, 0.1) is 6.61 Å².